The van der Waals surface area contributed by atoms with Crippen molar-refractivity contribution in [1.29, 1.82) is 0 Å². The first-order valence-electron chi connectivity index (χ1n) is 3.75. The standard InChI is InChI=1S/C7H10F6O/c1-3-5(8,9)7(12,13)6(10,11)4-14-2/h3-4H2,1-2H3. The molecule has 0 aliphatic heterocycles. The van der Waals surface area contributed by atoms with Crippen molar-refractivity contribution in [2.45, 2.75) is 31.1 Å². The largest absolute Gasteiger partial charge is 0.378 e. The van der Waals surface area contributed by atoms with E-state index in [4.69, 9.17) is 0 Å². The van der Waals surface area contributed by atoms with Crippen molar-refractivity contribution in [3.05, 3.63) is 0 Å². The van der Waals surface area contributed by atoms with Crippen LogP contribution in [-0.2, 0) is 4.74 Å². The summed E-state index contributed by atoms with van der Waals surface area (Å²) in [6.07, 6.45) is -1.36. The average molecular weight is 224 g/mol. The monoisotopic (exact) mass is 224 g/mol. The third-order valence-electron chi connectivity index (χ3n) is 1.69. The summed E-state index contributed by atoms with van der Waals surface area (Å²) in [5.74, 6) is -15.0. The predicted octanol–water partition coefficient (Wildman–Crippen LogP) is 2.95. The summed E-state index contributed by atoms with van der Waals surface area (Å²) in [5, 5.41) is 0. The zero-order valence-corrected chi connectivity index (χ0v) is 7.59. The Morgan fingerprint density at radius 3 is 1.64 bits per heavy atom. The summed E-state index contributed by atoms with van der Waals surface area (Å²) in [5.41, 5.74) is 0. The third kappa shape index (κ3) is 2.13. The number of hydrogen-bond donors (Lipinski definition) is 0. The van der Waals surface area contributed by atoms with Gasteiger partial charge in [0.1, 0.15) is 6.61 Å². The van der Waals surface area contributed by atoms with Crippen LogP contribution in [-0.4, -0.2) is 31.5 Å². The van der Waals surface area contributed by atoms with Gasteiger partial charge in [0, 0.05) is 13.5 Å². The molecule has 0 aliphatic rings. The molecule has 0 unspecified atom stereocenters. The SMILES string of the molecule is CCC(F)(F)C(F)(F)C(F)(F)COC. The highest BCUT2D eigenvalue weighted by molar-refractivity contribution is 4.95. The van der Waals surface area contributed by atoms with E-state index >= 15 is 0 Å². The Balaban J connectivity index is 4.92. The Morgan fingerprint density at radius 2 is 1.36 bits per heavy atom. The number of methoxy groups -OCH3 is 1. The molecule has 0 aromatic carbocycles. The van der Waals surface area contributed by atoms with Crippen LogP contribution in [0, 0.1) is 0 Å². The van der Waals surface area contributed by atoms with E-state index in [1.165, 1.54) is 0 Å². The number of rotatable bonds is 5. The molecule has 0 aliphatic carbocycles. The molecule has 14 heavy (non-hydrogen) atoms. The summed E-state index contributed by atoms with van der Waals surface area (Å²) in [6, 6.07) is 0. The van der Waals surface area contributed by atoms with Gasteiger partial charge in [-0.15, -0.1) is 0 Å². The predicted molar refractivity (Wildman–Crippen MR) is 37.0 cm³/mol. The normalized spacial score (nSPS) is 14.6. The van der Waals surface area contributed by atoms with Crippen molar-refractivity contribution in [1.82, 2.24) is 0 Å². The van der Waals surface area contributed by atoms with Crippen molar-refractivity contribution in [3.8, 4) is 0 Å². The molecule has 0 fully saturated rings. The number of ether oxygens (including phenoxy) is 1. The minimum Gasteiger partial charge on any atom is -0.378 e. The summed E-state index contributed by atoms with van der Waals surface area (Å²) in [6.45, 7) is -1.04. The van der Waals surface area contributed by atoms with Crippen molar-refractivity contribution in [2.75, 3.05) is 13.7 Å². The van der Waals surface area contributed by atoms with Crippen LogP contribution < -0.4 is 0 Å². The van der Waals surface area contributed by atoms with E-state index in [1.807, 2.05) is 0 Å². The van der Waals surface area contributed by atoms with Crippen molar-refractivity contribution < 1.29 is 31.1 Å². The van der Waals surface area contributed by atoms with Crippen LogP contribution in [0.3, 0.4) is 0 Å². The van der Waals surface area contributed by atoms with Gasteiger partial charge < -0.3 is 4.74 Å². The second-order valence-corrected chi connectivity index (χ2v) is 2.77. The number of halogens is 6. The maximum absolute atomic E-state index is 12.6. The first-order valence-corrected chi connectivity index (χ1v) is 3.75. The topological polar surface area (TPSA) is 9.23 Å². The Kier molecular flexibility index (Phi) is 3.83. The van der Waals surface area contributed by atoms with Gasteiger partial charge in [0.15, 0.2) is 0 Å². The Labute approximate surface area is 77.0 Å². The van der Waals surface area contributed by atoms with E-state index in [-0.39, 0.29) is 0 Å². The smallest absolute Gasteiger partial charge is 0.374 e. The van der Waals surface area contributed by atoms with E-state index in [2.05, 4.69) is 4.74 Å². The van der Waals surface area contributed by atoms with Gasteiger partial charge in [-0.05, 0) is 0 Å². The molecule has 0 heterocycles. The maximum atomic E-state index is 12.6. The van der Waals surface area contributed by atoms with Gasteiger partial charge in [-0.25, -0.2) is 0 Å². The van der Waals surface area contributed by atoms with Crippen molar-refractivity contribution in [3.63, 3.8) is 0 Å². The molecule has 7 heteroatoms. The van der Waals surface area contributed by atoms with Crippen LogP contribution in [0.5, 0.6) is 0 Å². The summed E-state index contributed by atoms with van der Waals surface area (Å²) < 4.78 is 78.9. The molecule has 0 rings (SSSR count). The summed E-state index contributed by atoms with van der Waals surface area (Å²) >= 11 is 0. The van der Waals surface area contributed by atoms with Crippen LogP contribution in [0.15, 0.2) is 0 Å². The van der Waals surface area contributed by atoms with E-state index in [9.17, 15) is 26.3 Å². The molecule has 0 aromatic heterocycles. The summed E-state index contributed by atoms with van der Waals surface area (Å²) in [7, 11) is 0.730. The lowest BCUT2D eigenvalue weighted by Gasteiger charge is -2.31. The maximum Gasteiger partial charge on any atom is 0.374 e. The lowest BCUT2D eigenvalue weighted by atomic mass is 10.0. The van der Waals surface area contributed by atoms with Gasteiger partial charge >= 0.3 is 17.8 Å². The molecule has 0 bridgehead atoms. The van der Waals surface area contributed by atoms with Gasteiger partial charge in [-0.3, -0.25) is 0 Å². The second kappa shape index (κ2) is 3.96. The molecule has 0 saturated heterocycles. The molecule has 0 saturated carbocycles. The Bertz CT molecular complexity index is 191. The highest BCUT2D eigenvalue weighted by Gasteiger charge is 2.70. The van der Waals surface area contributed by atoms with Gasteiger partial charge in [-0.2, -0.15) is 26.3 Å². The van der Waals surface area contributed by atoms with Crippen LogP contribution >= 0.6 is 0 Å². The third-order valence-corrected chi connectivity index (χ3v) is 1.69. The molecule has 0 aromatic rings. The molecular formula is C7H10F6O. The molecule has 1 nitrogen and oxygen atoms in total. The fraction of sp³-hybridized carbons (Fsp3) is 1.00. The molecule has 0 spiro atoms. The first kappa shape index (κ1) is 13.5. The molecule has 0 radical (unpaired) electrons. The lowest BCUT2D eigenvalue weighted by molar-refractivity contribution is -0.318. The van der Waals surface area contributed by atoms with Gasteiger partial charge in [0.25, 0.3) is 0 Å². The zero-order valence-electron chi connectivity index (χ0n) is 7.59. The summed E-state index contributed by atoms with van der Waals surface area (Å²) in [4.78, 5) is 0. The first-order chi connectivity index (χ1) is 6.12. The zero-order chi connectivity index (χ0) is 11.6. The number of alkyl halides is 6. The van der Waals surface area contributed by atoms with Crippen LogP contribution in [0.4, 0.5) is 26.3 Å². The van der Waals surface area contributed by atoms with Gasteiger partial charge in [0.2, 0.25) is 0 Å². The Morgan fingerprint density at radius 1 is 0.929 bits per heavy atom. The molecule has 86 valence electrons. The quantitative estimate of drug-likeness (QED) is 0.652. The second-order valence-electron chi connectivity index (χ2n) is 2.77. The molecule has 0 N–H and O–H groups in total. The van der Waals surface area contributed by atoms with Crippen LogP contribution in [0.25, 0.3) is 0 Å². The van der Waals surface area contributed by atoms with Crippen LogP contribution in [0.2, 0.25) is 0 Å². The van der Waals surface area contributed by atoms with E-state index < -0.39 is 30.8 Å². The number of hydrogen-bond acceptors (Lipinski definition) is 1. The average Bonchev–Trinajstić information content (AvgIpc) is 2.03. The van der Waals surface area contributed by atoms with E-state index in [1.54, 1.807) is 0 Å². The molecule has 0 amide bonds. The van der Waals surface area contributed by atoms with Crippen molar-refractivity contribution in [2.24, 2.45) is 0 Å². The highest BCUT2D eigenvalue weighted by Crippen LogP contribution is 2.47. The van der Waals surface area contributed by atoms with Gasteiger partial charge in [0.05, 0.1) is 0 Å². The van der Waals surface area contributed by atoms with Crippen molar-refractivity contribution >= 4 is 0 Å². The lowest BCUT2D eigenvalue weighted by Crippen LogP contribution is -2.55. The minimum absolute atomic E-state index is 0.705. The fourth-order valence-corrected chi connectivity index (χ4v) is 0.761. The minimum atomic E-state index is -5.40. The Hall–Kier alpha value is -0.460. The van der Waals surface area contributed by atoms with E-state index in [0.29, 0.717) is 6.92 Å². The fourth-order valence-electron chi connectivity index (χ4n) is 0.761. The molecular weight excluding hydrogens is 214 g/mol. The molecule has 0 atom stereocenters. The van der Waals surface area contributed by atoms with Gasteiger partial charge in [-0.1, -0.05) is 6.92 Å². The highest BCUT2D eigenvalue weighted by atomic mass is 19.3. The van der Waals surface area contributed by atoms with E-state index in [0.717, 1.165) is 7.11 Å². The van der Waals surface area contributed by atoms with Crippen LogP contribution in [0.1, 0.15) is 13.3 Å².